The summed E-state index contributed by atoms with van der Waals surface area (Å²) in [5, 5.41) is 3.28. The summed E-state index contributed by atoms with van der Waals surface area (Å²) >= 11 is 0. The summed E-state index contributed by atoms with van der Waals surface area (Å²) in [5.41, 5.74) is 0. The Morgan fingerprint density at radius 3 is 2.84 bits per heavy atom. The van der Waals surface area contributed by atoms with Gasteiger partial charge in [-0.2, -0.15) is 13.2 Å². The smallest absolute Gasteiger partial charge is 0.372 e. The highest BCUT2D eigenvalue weighted by Gasteiger charge is 2.28. The SMILES string of the molecule is CCNC1CCCN(C(=O)CCOCC(F)(F)F)C1. The molecule has 0 aromatic carbocycles. The monoisotopic (exact) mass is 282 g/mol. The number of nitrogens with zero attached hydrogens (tertiary/aromatic N) is 1. The van der Waals surface area contributed by atoms with Crippen molar-refractivity contribution in [2.24, 2.45) is 0 Å². The van der Waals surface area contributed by atoms with Crippen LogP contribution < -0.4 is 5.32 Å². The molecule has 1 heterocycles. The van der Waals surface area contributed by atoms with Crippen molar-refractivity contribution < 1.29 is 22.7 Å². The number of likely N-dealkylation sites (N-methyl/N-ethyl adjacent to an activating group) is 1. The summed E-state index contributed by atoms with van der Waals surface area (Å²) in [7, 11) is 0. The third-order valence-corrected chi connectivity index (χ3v) is 2.99. The fourth-order valence-corrected chi connectivity index (χ4v) is 2.16. The maximum Gasteiger partial charge on any atom is 0.411 e. The van der Waals surface area contributed by atoms with Gasteiger partial charge in [0.05, 0.1) is 13.0 Å². The molecule has 1 unspecified atom stereocenters. The molecule has 0 aromatic heterocycles. The van der Waals surface area contributed by atoms with Crippen LogP contribution in [0.5, 0.6) is 0 Å². The van der Waals surface area contributed by atoms with Gasteiger partial charge >= 0.3 is 6.18 Å². The molecule has 0 aromatic rings. The van der Waals surface area contributed by atoms with Crippen molar-refractivity contribution in [3.05, 3.63) is 0 Å². The van der Waals surface area contributed by atoms with Gasteiger partial charge in [0.15, 0.2) is 0 Å². The fourth-order valence-electron chi connectivity index (χ4n) is 2.16. The van der Waals surface area contributed by atoms with E-state index in [1.807, 2.05) is 6.92 Å². The van der Waals surface area contributed by atoms with Crippen molar-refractivity contribution in [1.82, 2.24) is 10.2 Å². The number of carbonyl (C=O) groups is 1. The van der Waals surface area contributed by atoms with E-state index in [1.54, 1.807) is 4.90 Å². The van der Waals surface area contributed by atoms with E-state index in [1.165, 1.54) is 0 Å². The van der Waals surface area contributed by atoms with Gasteiger partial charge < -0.3 is 15.0 Å². The standard InChI is InChI=1S/C12H21F3N2O2/c1-2-16-10-4-3-6-17(8-10)11(18)5-7-19-9-12(13,14)15/h10,16H,2-9H2,1H3. The highest BCUT2D eigenvalue weighted by atomic mass is 19.4. The molecule has 0 saturated carbocycles. The van der Waals surface area contributed by atoms with Crippen molar-refractivity contribution >= 4 is 5.91 Å². The number of alkyl halides is 3. The van der Waals surface area contributed by atoms with Crippen LogP contribution in [0.1, 0.15) is 26.2 Å². The number of rotatable bonds is 6. The molecule has 1 N–H and O–H groups in total. The first kappa shape index (κ1) is 16.2. The Labute approximate surface area is 111 Å². The Hall–Kier alpha value is -0.820. The topological polar surface area (TPSA) is 41.6 Å². The summed E-state index contributed by atoms with van der Waals surface area (Å²) < 4.78 is 40.0. The van der Waals surface area contributed by atoms with E-state index in [4.69, 9.17) is 0 Å². The van der Waals surface area contributed by atoms with Crippen LogP contribution in [-0.2, 0) is 9.53 Å². The number of likely N-dealkylation sites (tertiary alicyclic amines) is 1. The molecule has 0 radical (unpaired) electrons. The second-order valence-electron chi connectivity index (χ2n) is 4.65. The molecule has 1 rings (SSSR count). The van der Waals surface area contributed by atoms with Crippen molar-refractivity contribution in [2.75, 3.05) is 32.8 Å². The van der Waals surface area contributed by atoms with E-state index >= 15 is 0 Å². The largest absolute Gasteiger partial charge is 0.411 e. The Bertz CT molecular complexity index is 283. The average molecular weight is 282 g/mol. The summed E-state index contributed by atoms with van der Waals surface area (Å²) in [6.45, 7) is 2.69. The van der Waals surface area contributed by atoms with E-state index in [-0.39, 0.29) is 18.9 Å². The number of piperidine rings is 1. The predicted molar refractivity (Wildman–Crippen MR) is 64.8 cm³/mol. The van der Waals surface area contributed by atoms with Gasteiger partial charge in [-0.3, -0.25) is 4.79 Å². The molecule has 1 atom stereocenters. The Morgan fingerprint density at radius 1 is 1.47 bits per heavy atom. The van der Waals surface area contributed by atoms with E-state index in [2.05, 4.69) is 10.1 Å². The lowest BCUT2D eigenvalue weighted by Gasteiger charge is -2.33. The first-order valence-electron chi connectivity index (χ1n) is 6.58. The zero-order valence-electron chi connectivity index (χ0n) is 11.1. The van der Waals surface area contributed by atoms with Gasteiger partial charge in [-0.05, 0) is 19.4 Å². The van der Waals surface area contributed by atoms with Gasteiger partial charge in [0.2, 0.25) is 5.91 Å². The molecule has 0 spiro atoms. The van der Waals surface area contributed by atoms with Crippen LogP contribution in [0.2, 0.25) is 0 Å². The molecular weight excluding hydrogens is 261 g/mol. The third-order valence-electron chi connectivity index (χ3n) is 2.99. The van der Waals surface area contributed by atoms with Gasteiger partial charge in [-0.1, -0.05) is 6.92 Å². The molecule has 7 heteroatoms. The molecule has 4 nitrogen and oxygen atoms in total. The van der Waals surface area contributed by atoms with Crippen LogP contribution in [0.4, 0.5) is 13.2 Å². The van der Waals surface area contributed by atoms with Gasteiger partial charge in [-0.15, -0.1) is 0 Å². The Balaban J connectivity index is 2.21. The maximum absolute atomic E-state index is 11.8. The molecule has 1 fully saturated rings. The van der Waals surface area contributed by atoms with Crippen LogP contribution in [0.25, 0.3) is 0 Å². The number of carbonyl (C=O) groups excluding carboxylic acids is 1. The van der Waals surface area contributed by atoms with Crippen LogP contribution in [0.3, 0.4) is 0 Å². The Kier molecular flexibility index (Phi) is 6.57. The lowest BCUT2D eigenvalue weighted by atomic mass is 10.1. The molecule has 1 amide bonds. The highest BCUT2D eigenvalue weighted by molar-refractivity contribution is 5.76. The average Bonchev–Trinajstić information content (AvgIpc) is 2.34. The molecular formula is C12H21F3N2O2. The van der Waals surface area contributed by atoms with E-state index < -0.39 is 12.8 Å². The summed E-state index contributed by atoms with van der Waals surface area (Å²) in [6.07, 6.45) is -2.37. The number of hydrogen-bond donors (Lipinski definition) is 1. The van der Waals surface area contributed by atoms with Gasteiger partial charge in [-0.25, -0.2) is 0 Å². The lowest BCUT2D eigenvalue weighted by Crippen LogP contribution is -2.48. The van der Waals surface area contributed by atoms with E-state index in [0.717, 1.165) is 19.4 Å². The van der Waals surface area contributed by atoms with Crippen molar-refractivity contribution in [3.8, 4) is 0 Å². The van der Waals surface area contributed by atoms with Crippen LogP contribution in [0.15, 0.2) is 0 Å². The van der Waals surface area contributed by atoms with Crippen molar-refractivity contribution in [3.63, 3.8) is 0 Å². The first-order valence-corrected chi connectivity index (χ1v) is 6.58. The van der Waals surface area contributed by atoms with Gasteiger partial charge in [0, 0.05) is 19.1 Å². The second-order valence-corrected chi connectivity index (χ2v) is 4.65. The molecule has 112 valence electrons. The summed E-state index contributed by atoms with van der Waals surface area (Å²) in [5.74, 6) is -0.134. The fraction of sp³-hybridized carbons (Fsp3) is 0.917. The normalized spacial score (nSPS) is 20.6. The number of ether oxygens (including phenoxy) is 1. The molecule has 1 aliphatic heterocycles. The van der Waals surface area contributed by atoms with Crippen LogP contribution in [-0.4, -0.2) is 55.9 Å². The third kappa shape index (κ3) is 6.77. The van der Waals surface area contributed by atoms with Crippen molar-refractivity contribution in [1.29, 1.82) is 0 Å². The molecule has 1 aliphatic rings. The zero-order valence-corrected chi connectivity index (χ0v) is 11.1. The number of halogens is 3. The van der Waals surface area contributed by atoms with Crippen LogP contribution >= 0.6 is 0 Å². The number of hydrogen-bond acceptors (Lipinski definition) is 3. The number of amides is 1. The predicted octanol–water partition coefficient (Wildman–Crippen LogP) is 1.56. The van der Waals surface area contributed by atoms with Crippen LogP contribution in [0, 0.1) is 0 Å². The highest BCUT2D eigenvalue weighted by Crippen LogP contribution is 2.15. The van der Waals surface area contributed by atoms with E-state index in [9.17, 15) is 18.0 Å². The number of nitrogens with one attached hydrogen (secondary N) is 1. The minimum absolute atomic E-state index is 0.00885. The molecule has 19 heavy (non-hydrogen) atoms. The minimum Gasteiger partial charge on any atom is -0.372 e. The van der Waals surface area contributed by atoms with Gasteiger partial charge in [0.25, 0.3) is 0 Å². The lowest BCUT2D eigenvalue weighted by molar-refractivity contribution is -0.175. The zero-order chi connectivity index (χ0) is 14.3. The molecule has 0 bridgehead atoms. The summed E-state index contributed by atoms with van der Waals surface area (Å²) in [4.78, 5) is 13.5. The first-order chi connectivity index (χ1) is 8.92. The Morgan fingerprint density at radius 2 is 2.21 bits per heavy atom. The second kappa shape index (κ2) is 7.69. The molecule has 1 saturated heterocycles. The quantitative estimate of drug-likeness (QED) is 0.752. The van der Waals surface area contributed by atoms with E-state index in [0.29, 0.717) is 19.1 Å². The van der Waals surface area contributed by atoms with Gasteiger partial charge in [0.1, 0.15) is 6.61 Å². The summed E-state index contributed by atoms with van der Waals surface area (Å²) in [6, 6.07) is 0.291. The molecule has 0 aliphatic carbocycles. The maximum atomic E-state index is 11.8. The van der Waals surface area contributed by atoms with Crippen molar-refractivity contribution in [2.45, 2.75) is 38.4 Å². The minimum atomic E-state index is -4.33.